The average molecular weight is 661 g/mol. The molecular weight excluding hydrogens is 629 g/mol. The summed E-state index contributed by atoms with van der Waals surface area (Å²) >= 11 is 0. The van der Waals surface area contributed by atoms with Gasteiger partial charge in [0.2, 0.25) is 0 Å². The van der Waals surface area contributed by atoms with Gasteiger partial charge in [-0.2, -0.15) is 0 Å². The molecule has 2 nitrogen and oxygen atoms in total. The van der Waals surface area contributed by atoms with Crippen molar-refractivity contribution in [1.29, 1.82) is 0 Å². The molecule has 2 heteroatoms. The predicted molar refractivity (Wildman–Crippen MR) is 221 cm³/mol. The molecule has 0 radical (unpaired) electrons. The first-order valence-corrected chi connectivity index (χ1v) is 17.9. The minimum Gasteiger partial charge on any atom is -0.317 e. The Balaban J connectivity index is 1.04. The molecule has 0 spiro atoms. The fourth-order valence-corrected chi connectivity index (χ4v) is 8.44. The van der Waals surface area contributed by atoms with Gasteiger partial charge < -0.3 is 9.13 Å². The summed E-state index contributed by atoms with van der Waals surface area (Å²) in [6, 6.07) is 68.8. The van der Waals surface area contributed by atoms with Crippen LogP contribution in [0, 0.1) is 0 Å². The molecule has 0 saturated carbocycles. The monoisotopic (exact) mass is 660 g/mol. The molecule has 9 aromatic carbocycles. The quantitative estimate of drug-likeness (QED) is 0.166. The van der Waals surface area contributed by atoms with Crippen LogP contribution in [0.2, 0.25) is 0 Å². The molecule has 0 atom stereocenters. The zero-order chi connectivity index (χ0) is 34.2. The number of rotatable bonds is 4. The molecule has 0 fully saturated rings. The first-order chi connectivity index (χ1) is 25.8. The molecule has 242 valence electrons. The lowest BCUT2D eigenvalue weighted by Crippen LogP contribution is -1.94. The summed E-state index contributed by atoms with van der Waals surface area (Å²) in [6.07, 6.45) is 2.18. The third kappa shape index (κ3) is 4.38. The second kappa shape index (κ2) is 11.3. The summed E-state index contributed by atoms with van der Waals surface area (Å²) in [5, 5.41) is 11.5. The van der Waals surface area contributed by atoms with Crippen LogP contribution in [0.5, 0.6) is 0 Å². The first kappa shape index (κ1) is 28.9. The normalized spacial score (nSPS) is 11.8. The molecule has 52 heavy (non-hydrogen) atoms. The lowest BCUT2D eigenvalue weighted by Gasteiger charge is -2.14. The molecule has 11 rings (SSSR count). The number of hydrogen-bond acceptors (Lipinski definition) is 0. The van der Waals surface area contributed by atoms with Crippen LogP contribution >= 0.6 is 0 Å². The standard InChI is InChI=1S/C50H32N2/c1-3-11-33(12-4-1)35-21-25-42-43-26-22-36(30-46(43)41-16-8-7-15-40(41)45(42)29-35)34-19-23-39(24-20-34)52-48-18-10-9-17-44(48)47-32-49-37(31-50(47)52)27-28-51(49)38-13-5-2-6-14-38/h1-32H. The molecule has 0 aliphatic rings. The molecular formula is C50H32N2. The van der Waals surface area contributed by atoms with Crippen molar-refractivity contribution in [3.05, 3.63) is 194 Å². The van der Waals surface area contributed by atoms with Gasteiger partial charge in [-0.15, -0.1) is 0 Å². The van der Waals surface area contributed by atoms with Crippen LogP contribution in [-0.2, 0) is 0 Å². The Labute approximate surface area is 301 Å². The molecule has 0 aliphatic heterocycles. The Morgan fingerprint density at radius 2 is 0.808 bits per heavy atom. The van der Waals surface area contributed by atoms with Gasteiger partial charge in [0.1, 0.15) is 0 Å². The Hall–Kier alpha value is -6.90. The van der Waals surface area contributed by atoms with Crippen LogP contribution in [0.1, 0.15) is 0 Å². The number of nitrogens with zero attached hydrogens (tertiary/aromatic N) is 2. The molecule has 2 heterocycles. The van der Waals surface area contributed by atoms with Gasteiger partial charge in [-0.25, -0.2) is 0 Å². The van der Waals surface area contributed by atoms with Crippen LogP contribution in [-0.4, -0.2) is 9.13 Å². The van der Waals surface area contributed by atoms with Crippen molar-refractivity contribution in [3.63, 3.8) is 0 Å². The molecule has 0 unspecified atom stereocenters. The number of benzene rings is 9. The molecule has 0 aliphatic carbocycles. The van der Waals surface area contributed by atoms with Crippen LogP contribution in [0.15, 0.2) is 194 Å². The number of aromatic nitrogens is 2. The van der Waals surface area contributed by atoms with Crippen molar-refractivity contribution in [2.24, 2.45) is 0 Å². The van der Waals surface area contributed by atoms with Gasteiger partial charge in [-0.05, 0) is 115 Å². The summed E-state index contributed by atoms with van der Waals surface area (Å²) in [7, 11) is 0. The third-order valence-electron chi connectivity index (χ3n) is 10.9. The fourth-order valence-electron chi connectivity index (χ4n) is 8.44. The van der Waals surface area contributed by atoms with E-state index < -0.39 is 0 Å². The number of fused-ring (bicyclic) bond motifs is 10. The second-order valence-electron chi connectivity index (χ2n) is 13.8. The second-order valence-corrected chi connectivity index (χ2v) is 13.8. The van der Waals surface area contributed by atoms with Crippen molar-refractivity contribution < 1.29 is 0 Å². The first-order valence-electron chi connectivity index (χ1n) is 17.9. The van der Waals surface area contributed by atoms with Crippen LogP contribution in [0.25, 0.3) is 98.7 Å². The number of hydrogen-bond donors (Lipinski definition) is 0. The topological polar surface area (TPSA) is 9.86 Å². The van der Waals surface area contributed by atoms with Crippen molar-refractivity contribution in [3.8, 4) is 33.6 Å². The maximum atomic E-state index is 2.41. The van der Waals surface area contributed by atoms with Gasteiger partial charge in [-0.3, -0.25) is 0 Å². The smallest absolute Gasteiger partial charge is 0.0548 e. The zero-order valence-electron chi connectivity index (χ0n) is 28.4. The summed E-state index contributed by atoms with van der Waals surface area (Å²) in [6.45, 7) is 0. The van der Waals surface area contributed by atoms with Gasteiger partial charge >= 0.3 is 0 Å². The third-order valence-corrected chi connectivity index (χ3v) is 10.9. The Bertz CT molecular complexity index is 3130. The largest absolute Gasteiger partial charge is 0.317 e. The Kier molecular flexibility index (Phi) is 6.28. The Morgan fingerprint density at radius 1 is 0.269 bits per heavy atom. The van der Waals surface area contributed by atoms with E-state index in [1.165, 1.54) is 93.0 Å². The SMILES string of the molecule is c1ccc(-c2ccc3c4ccc(-c5ccc(-n6c7ccccc7c7cc8c(ccn8-c8ccccc8)cc76)cc5)cc4c4ccccc4c3c2)cc1. The van der Waals surface area contributed by atoms with Crippen LogP contribution < -0.4 is 0 Å². The molecule has 0 amide bonds. The van der Waals surface area contributed by atoms with E-state index in [1.54, 1.807) is 0 Å². The van der Waals surface area contributed by atoms with E-state index in [1.807, 2.05) is 0 Å². The van der Waals surface area contributed by atoms with Gasteiger partial charge in [0, 0.05) is 33.7 Å². The van der Waals surface area contributed by atoms with E-state index >= 15 is 0 Å². The maximum absolute atomic E-state index is 2.41. The zero-order valence-corrected chi connectivity index (χ0v) is 28.4. The van der Waals surface area contributed by atoms with E-state index in [0.29, 0.717) is 0 Å². The van der Waals surface area contributed by atoms with Gasteiger partial charge in [0.05, 0.1) is 16.6 Å². The molecule has 2 aromatic heterocycles. The Morgan fingerprint density at radius 3 is 1.48 bits per heavy atom. The average Bonchev–Trinajstić information content (AvgIpc) is 3.79. The minimum atomic E-state index is 1.16. The summed E-state index contributed by atoms with van der Waals surface area (Å²) < 4.78 is 4.70. The van der Waals surface area contributed by atoms with Gasteiger partial charge in [0.25, 0.3) is 0 Å². The van der Waals surface area contributed by atoms with Crippen molar-refractivity contribution in [2.75, 3.05) is 0 Å². The number of para-hydroxylation sites is 2. The summed E-state index contributed by atoms with van der Waals surface area (Å²) in [5.41, 5.74) is 10.9. The molecule has 11 aromatic rings. The highest BCUT2D eigenvalue weighted by molar-refractivity contribution is 6.26. The van der Waals surface area contributed by atoms with Crippen molar-refractivity contribution in [1.82, 2.24) is 9.13 Å². The van der Waals surface area contributed by atoms with Crippen molar-refractivity contribution in [2.45, 2.75) is 0 Å². The highest BCUT2D eigenvalue weighted by Gasteiger charge is 2.16. The van der Waals surface area contributed by atoms with E-state index in [4.69, 9.17) is 0 Å². The van der Waals surface area contributed by atoms with E-state index in [-0.39, 0.29) is 0 Å². The van der Waals surface area contributed by atoms with E-state index in [2.05, 4.69) is 203 Å². The summed E-state index contributed by atoms with van der Waals surface area (Å²) in [4.78, 5) is 0. The summed E-state index contributed by atoms with van der Waals surface area (Å²) in [5.74, 6) is 0. The van der Waals surface area contributed by atoms with Crippen LogP contribution in [0.4, 0.5) is 0 Å². The lowest BCUT2D eigenvalue weighted by molar-refractivity contribution is 1.13. The fraction of sp³-hybridized carbons (Fsp3) is 0. The molecule has 0 saturated heterocycles. The lowest BCUT2D eigenvalue weighted by atomic mass is 9.90. The minimum absolute atomic E-state index is 1.16. The van der Waals surface area contributed by atoms with Crippen LogP contribution in [0.3, 0.4) is 0 Å². The highest BCUT2D eigenvalue weighted by atomic mass is 15.0. The molecule has 0 N–H and O–H groups in total. The predicted octanol–water partition coefficient (Wildman–Crippen LogP) is 13.5. The van der Waals surface area contributed by atoms with E-state index in [9.17, 15) is 0 Å². The maximum Gasteiger partial charge on any atom is 0.0548 e. The molecule has 0 bridgehead atoms. The van der Waals surface area contributed by atoms with Gasteiger partial charge in [0.15, 0.2) is 0 Å². The van der Waals surface area contributed by atoms with E-state index in [0.717, 1.165) is 5.69 Å². The highest BCUT2D eigenvalue weighted by Crippen LogP contribution is 2.40. The van der Waals surface area contributed by atoms with Crippen molar-refractivity contribution >= 4 is 65.0 Å². The van der Waals surface area contributed by atoms with Gasteiger partial charge in [-0.1, -0.05) is 127 Å².